The molecule has 0 radical (unpaired) electrons. The molecule has 12 nitrogen and oxygen atoms in total. The number of amides is 3. The number of urea groups is 1. The molecule has 3 amide bonds. The van der Waals surface area contributed by atoms with Crippen molar-refractivity contribution in [1.29, 1.82) is 5.26 Å². The van der Waals surface area contributed by atoms with Gasteiger partial charge in [-0.05, 0) is 49.7 Å². The van der Waals surface area contributed by atoms with Crippen LogP contribution in [0.2, 0.25) is 0 Å². The number of alkyl halides is 5. The molecule has 3 aromatic rings. The van der Waals surface area contributed by atoms with E-state index in [-0.39, 0.29) is 42.7 Å². The summed E-state index contributed by atoms with van der Waals surface area (Å²) in [5.74, 6) is -3.84. The monoisotopic (exact) mass is 621 g/mol. The molecule has 17 heteroatoms. The van der Waals surface area contributed by atoms with E-state index < -0.39 is 60.0 Å². The van der Waals surface area contributed by atoms with Gasteiger partial charge in [0.2, 0.25) is 5.92 Å². The zero-order valence-electron chi connectivity index (χ0n) is 23.4. The lowest BCUT2D eigenvalue weighted by atomic mass is 9.63. The lowest BCUT2D eigenvalue weighted by Crippen LogP contribution is -2.46. The minimum Gasteiger partial charge on any atom is -0.342 e. The Kier molecular flexibility index (Phi) is 7.20. The van der Waals surface area contributed by atoms with E-state index in [1.54, 1.807) is 6.07 Å². The Labute approximate surface area is 246 Å². The first kappa shape index (κ1) is 29.7. The fourth-order valence-corrected chi connectivity index (χ4v) is 6.45. The third kappa shape index (κ3) is 5.30. The summed E-state index contributed by atoms with van der Waals surface area (Å²) in [4.78, 5) is 31.5. The molecule has 3 unspecified atom stereocenters. The van der Waals surface area contributed by atoms with E-state index >= 15 is 0 Å². The average molecular weight is 622 g/mol. The van der Waals surface area contributed by atoms with Crippen molar-refractivity contribution in [2.75, 3.05) is 6.54 Å². The van der Waals surface area contributed by atoms with E-state index in [2.05, 4.69) is 36.4 Å². The number of carbonyl (C=O) groups is 2. The number of fused-ring (bicyclic) bond motifs is 1. The Morgan fingerprint density at radius 2 is 1.95 bits per heavy atom. The van der Waals surface area contributed by atoms with Crippen molar-refractivity contribution >= 4 is 17.6 Å². The number of halogens is 5. The van der Waals surface area contributed by atoms with Crippen molar-refractivity contribution in [3.63, 3.8) is 0 Å². The van der Waals surface area contributed by atoms with Crippen molar-refractivity contribution in [3.05, 3.63) is 41.1 Å². The van der Waals surface area contributed by atoms with E-state index in [9.17, 15) is 36.8 Å². The smallest absolute Gasteiger partial charge is 0.342 e. The van der Waals surface area contributed by atoms with Crippen LogP contribution in [0.15, 0.2) is 23.1 Å². The molecule has 1 aliphatic heterocycles. The molecule has 2 N–H and O–H groups in total. The predicted octanol–water partition coefficient (Wildman–Crippen LogP) is 4.41. The van der Waals surface area contributed by atoms with Gasteiger partial charge >= 0.3 is 12.2 Å². The van der Waals surface area contributed by atoms with E-state index in [1.165, 1.54) is 23.8 Å². The van der Waals surface area contributed by atoms with Gasteiger partial charge in [-0.1, -0.05) is 11.6 Å². The number of hydrogen-bond donors (Lipinski definition) is 2. The second kappa shape index (κ2) is 10.7. The Hall–Kier alpha value is -4.36. The molecule has 0 bridgehead atoms. The quantitative estimate of drug-likeness (QED) is 0.368. The first-order valence-electron chi connectivity index (χ1n) is 14.2. The van der Waals surface area contributed by atoms with Crippen molar-refractivity contribution < 1.29 is 36.2 Å². The molecular formula is C27H28F5N9O3. The Morgan fingerprint density at radius 3 is 2.52 bits per heavy atom. The second-order valence-electron chi connectivity index (χ2n) is 11.8. The van der Waals surface area contributed by atoms with Crippen LogP contribution in [0.1, 0.15) is 84.5 Å². The van der Waals surface area contributed by atoms with E-state index in [0.717, 1.165) is 4.90 Å². The number of nitriles is 1. The highest BCUT2D eigenvalue weighted by Gasteiger charge is 2.55. The lowest BCUT2D eigenvalue weighted by molar-refractivity contribution is -0.150. The minimum atomic E-state index is -4.67. The number of nitrogens with zero attached hydrogens (tertiary/aromatic N) is 7. The van der Waals surface area contributed by atoms with Crippen LogP contribution < -0.4 is 10.6 Å². The van der Waals surface area contributed by atoms with Gasteiger partial charge < -0.3 is 15.5 Å². The van der Waals surface area contributed by atoms with Crippen LogP contribution in [0.3, 0.4) is 0 Å². The predicted molar refractivity (Wildman–Crippen MR) is 139 cm³/mol. The molecular weight excluding hydrogens is 593 g/mol. The molecule has 0 aromatic carbocycles. The number of imidazole rings is 1. The van der Waals surface area contributed by atoms with Crippen molar-refractivity contribution in [3.8, 4) is 6.07 Å². The average Bonchev–Trinajstić information content (AvgIpc) is 3.67. The normalized spacial score (nSPS) is 23.1. The number of aromatic nitrogens is 5. The van der Waals surface area contributed by atoms with Crippen LogP contribution >= 0.6 is 0 Å². The number of rotatable bonds is 7. The number of nitrogens with one attached hydrogen (secondary N) is 2. The molecule has 234 valence electrons. The summed E-state index contributed by atoms with van der Waals surface area (Å²) >= 11 is 0. The Balaban J connectivity index is 1.35. The molecule has 44 heavy (non-hydrogen) atoms. The molecule has 3 fully saturated rings. The highest BCUT2D eigenvalue weighted by atomic mass is 19.4. The molecule has 1 saturated heterocycles. The van der Waals surface area contributed by atoms with Gasteiger partial charge in [-0.25, -0.2) is 27.7 Å². The third-order valence-electron chi connectivity index (χ3n) is 9.02. The molecule has 3 aromatic heterocycles. The summed E-state index contributed by atoms with van der Waals surface area (Å²) in [6, 6.07) is -1.07. The van der Waals surface area contributed by atoms with Crippen molar-refractivity contribution in [2.45, 2.75) is 82.1 Å². The fraction of sp³-hybridized carbons (Fsp3) is 0.593. The first-order valence-corrected chi connectivity index (χ1v) is 14.2. The standard InChI is InChI=1S/C27H28F5N9O3/c1-14-20(39-44-38-14)23(42)37-21(15-3-7-26(28,29)8-4-15)17-11-41-19(35-17)9-16(10-34-41)22(25(13-33)5-2-6-25)40-12-18(27(30,31)32)36-24(40)43/h9-11,15,18,21-22H,2-8,12H2,1H3,(H,36,43)(H,37,42). The van der Waals surface area contributed by atoms with Gasteiger partial charge in [-0.2, -0.15) is 23.5 Å². The first-order chi connectivity index (χ1) is 20.8. The molecule has 3 atom stereocenters. The van der Waals surface area contributed by atoms with Gasteiger partial charge in [0.15, 0.2) is 11.3 Å². The van der Waals surface area contributed by atoms with Crippen molar-refractivity contribution in [2.24, 2.45) is 11.3 Å². The van der Waals surface area contributed by atoms with Crippen LogP contribution in [-0.2, 0) is 0 Å². The maximum absolute atomic E-state index is 14.0. The summed E-state index contributed by atoms with van der Waals surface area (Å²) in [6.45, 7) is 0.861. The van der Waals surface area contributed by atoms with Gasteiger partial charge in [0.25, 0.3) is 5.91 Å². The SMILES string of the molecule is Cc1nonc1C(=O)NC(c1cn2ncc(C(N3CC(C(F)(F)F)NC3=O)C3(C#N)CCC3)cc2n1)C1CCC(F)(F)CC1. The molecule has 2 aliphatic carbocycles. The van der Waals surface area contributed by atoms with Crippen molar-refractivity contribution in [1.82, 2.24) is 40.4 Å². The molecule has 4 heterocycles. The Bertz CT molecular complexity index is 1620. The summed E-state index contributed by atoms with van der Waals surface area (Å²) in [5.41, 5.74) is -0.0479. The highest BCUT2D eigenvalue weighted by Crippen LogP contribution is 2.53. The highest BCUT2D eigenvalue weighted by molar-refractivity contribution is 5.93. The summed E-state index contributed by atoms with van der Waals surface area (Å²) < 4.78 is 74.6. The zero-order chi connectivity index (χ0) is 31.4. The molecule has 6 rings (SSSR count). The third-order valence-corrected chi connectivity index (χ3v) is 9.02. The van der Waals surface area contributed by atoms with Crippen LogP contribution in [0.25, 0.3) is 5.65 Å². The van der Waals surface area contributed by atoms with Gasteiger partial charge in [-0.15, -0.1) is 0 Å². The molecule has 2 saturated carbocycles. The molecule has 3 aliphatic rings. The van der Waals surface area contributed by atoms with Crippen LogP contribution in [0.4, 0.5) is 26.7 Å². The topological polar surface area (TPSA) is 154 Å². The maximum Gasteiger partial charge on any atom is 0.410 e. The van der Waals surface area contributed by atoms with Gasteiger partial charge in [-0.3, -0.25) is 4.79 Å². The maximum atomic E-state index is 14.0. The summed E-state index contributed by atoms with van der Waals surface area (Å²) in [7, 11) is 0. The van der Waals surface area contributed by atoms with Crippen LogP contribution in [0.5, 0.6) is 0 Å². The Morgan fingerprint density at radius 1 is 1.23 bits per heavy atom. The minimum absolute atomic E-state index is 0.0634. The van der Waals surface area contributed by atoms with E-state index in [0.29, 0.717) is 30.5 Å². The number of hydrogen-bond acceptors (Lipinski definition) is 8. The van der Waals surface area contributed by atoms with Gasteiger partial charge in [0, 0.05) is 18.4 Å². The lowest BCUT2D eigenvalue weighted by Gasteiger charge is -2.45. The van der Waals surface area contributed by atoms with Crippen LogP contribution in [-0.4, -0.2) is 66.4 Å². The van der Waals surface area contributed by atoms with Crippen LogP contribution in [0, 0.1) is 29.6 Å². The van der Waals surface area contributed by atoms with Gasteiger partial charge in [0.05, 0.1) is 48.2 Å². The van der Waals surface area contributed by atoms with Gasteiger partial charge in [0.1, 0.15) is 11.7 Å². The molecule has 0 spiro atoms. The van der Waals surface area contributed by atoms with E-state index in [1.807, 2.05) is 5.32 Å². The number of carbonyl (C=O) groups excluding carboxylic acids is 2. The zero-order valence-corrected chi connectivity index (χ0v) is 23.4. The number of aryl methyl sites for hydroxylation is 1. The second-order valence-corrected chi connectivity index (χ2v) is 11.8. The largest absolute Gasteiger partial charge is 0.410 e. The summed E-state index contributed by atoms with van der Waals surface area (Å²) in [5, 5.41) is 26.5. The fourth-order valence-electron chi connectivity index (χ4n) is 6.45. The summed E-state index contributed by atoms with van der Waals surface area (Å²) in [6.07, 6.45) is -0.815. The van der Waals surface area contributed by atoms with E-state index in [4.69, 9.17) is 0 Å².